The van der Waals surface area contributed by atoms with Crippen LogP contribution in [0, 0.1) is 0 Å². The van der Waals surface area contributed by atoms with Gasteiger partial charge in [0.2, 0.25) is 0 Å². The van der Waals surface area contributed by atoms with E-state index in [2.05, 4.69) is 10.3 Å². The highest BCUT2D eigenvalue weighted by atomic mass is 16.4. The molecule has 0 spiro atoms. The molecule has 28 heavy (non-hydrogen) atoms. The fourth-order valence-electron chi connectivity index (χ4n) is 3.68. The molecule has 1 aromatic carbocycles. The number of nitrogens with one attached hydrogen (secondary N) is 1. The molecule has 1 unspecified atom stereocenters. The van der Waals surface area contributed by atoms with Crippen molar-refractivity contribution < 1.29 is 14.7 Å². The molecule has 1 amide bonds. The first-order valence-corrected chi connectivity index (χ1v) is 8.84. The second-order valence-corrected chi connectivity index (χ2v) is 6.56. The third-order valence-electron chi connectivity index (χ3n) is 4.96. The number of aromatic carboxylic acids is 1. The van der Waals surface area contributed by atoms with E-state index in [-0.39, 0.29) is 17.2 Å². The van der Waals surface area contributed by atoms with E-state index in [9.17, 15) is 19.5 Å². The Hall–Kier alpha value is -3.74. The minimum Gasteiger partial charge on any atom is -0.478 e. The summed E-state index contributed by atoms with van der Waals surface area (Å²) in [5, 5.41) is 12.1. The van der Waals surface area contributed by atoms with E-state index in [1.165, 1.54) is 10.6 Å². The highest BCUT2D eigenvalue weighted by molar-refractivity contribution is 6.03. The van der Waals surface area contributed by atoms with Crippen molar-refractivity contribution in [3.63, 3.8) is 0 Å². The van der Waals surface area contributed by atoms with Crippen LogP contribution < -0.4 is 10.9 Å². The van der Waals surface area contributed by atoms with Crippen molar-refractivity contribution in [2.75, 3.05) is 5.32 Å². The predicted molar refractivity (Wildman–Crippen MR) is 103 cm³/mol. The van der Waals surface area contributed by atoms with E-state index in [0.29, 0.717) is 18.5 Å². The van der Waals surface area contributed by atoms with Crippen LogP contribution in [0.2, 0.25) is 0 Å². The van der Waals surface area contributed by atoms with Crippen molar-refractivity contribution in [1.82, 2.24) is 9.55 Å². The maximum Gasteiger partial charge on any atom is 0.335 e. The van der Waals surface area contributed by atoms with Gasteiger partial charge in [-0.15, -0.1) is 0 Å². The zero-order valence-electron chi connectivity index (χ0n) is 14.8. The molecule has 0 fully saturated rings. The van der Waals surface area contributed by atoms with E-state index in [4.69, 9.17) is 0 Å². The fourth-order valence-corrected chi connectivity index (χ4v) is 3.68. The molecule has 0 radical (unpaired) electrons. The molecule has 2 heterocycles. The van der Waals surface area contributed by atoms with Crippen LogP contribution in [-0.2, 0) is 6.42 Å². The number of amides is 1. The second kappa shape index (κ2) is 7.11. The average molecular weight is 375 g/mol. The number of carbonyl (C=O) groups excluding carboxylic acids is 1. The summed E-state index contributed by atoms with van der Waals surface area (Å²) in [6.45, 7) is 0. The third-order valence-corrected chi connectivity index (χ3v) is 4.96. The Kier molecular flexibility index (Phi) is 4.49. The van der Waals surface area contributed by atoms with Crippen LogP contribution in [0.5, 0.6) is 0 Å². The molecule has 3 aromatic rings. The monoisotopic (exact) mass is 375 g/mol. The largest absolute Gasteiger partial charge is 0.478 e. The Balaban J connectivity index is 1.70. The molecule has 0 bridgehead atoms. The van der Waals surface area contributed by atoms with Gasteiger partial charge in [-0.1, -0.05) is 12.1 Å². The SMILES string of the molecule is O=C(O)c1cccc2c1CCC2n1cccc(C(=O)Nc2ccncc2)c1=O. The van der Waals surface area contributed by atoms with Crippen LogP contribution in [0.4, 0.5) is 5.69 Å². The number of aromatic nitrogens is 2. The summed E-state index contributed by atoms with van der Waals surface area (Å²) in [7, 11) is 0. The first-order chi connectivity index (χ1) is 13.6. The number of hydrogen-bond acceptors (Lipinski definition) is 4. The number of benzene rings is 1. The van der Waals surface area contributed by atoms with Gasteiger partial charge in [0.05, 0.1) is 11.6 Å². The van der Waals surface area contributed by atoms with Gasteiger partial charge in [0.15, 0.2) is 0 Å². The van der Waals surface area contributed by atoms with Crippen molar-refractivity contribution in [2.24, 2.45) is 0 Å². The van der Waals surface area contributed by atoms with Crippen molar-refractivity contribution in [1.29, 1.82) is 0 Å². The molecular formula is C21H17N3O4. The molecule has 1 aliphatic rings. The Morgan fingerprint density at radius 2 is 1.82 bits per heavy atom. The van der Waals surface area contributed by atoms with Crippen molar-refractivity contribution in [2.45, 2.75) is 18.9 Å². The maximum atomic E-state index is 13.0. The molecule has 0 saturated carbocycles. The average Bonchev–Trinajstić information content (AvgIpc) is 3.12. The number of hydrogen-bond donors (Lipinski definition) is 2. The van der Waals surface area contributed by atoms with Gasteiger partial charge in [0.1, 0.15) is 5.56 Å². The number of nitrogens with zero attached hydrogens (tertiary/aromatic N) is 2. The number of pyridine rings is 2. The molecule has 2 N–H and O–H groups in total. The van der Waals surface area contributed by atoms with Gasteiger partial charge in [-0.2, -0.15) is 0 Å². The summed E-state index contributed by atoms with van der Waals surface area (Å²) in [6.07, 6.45) is 5.92. The molecule has 0 aliphatic heterocycles. The number of anilines is 1. The van der Waals surface area contributed by atoms with Gasteiger partial charge in [0, 0.05) is 24.3 Å². The van der Waals surface area contributed by atoms with Gasteiger partial charge in [-0.25, -0.2) is 4.79 Å². The summed E-state index contributed by atoms with van der Waals surface area (Å²) in [5.41, 5.74) is 1.99. The first kappa shape index (κ1) is 17.7. The zero-order valence-corrected chi connectivity index (χ0v) is 14.8. The van der Waals surface area contributed by atoms with Crippen molar-refractivity contribution >= 4 is 17.6 Å². The summed E-state index contributed by atoms with van der Waals surface area (Å²) in [4.78, 5) is 40.9. The molecular weight excluding hydrogens is 358 g/mol. The standard InChI is InChI=1S/C21H17N3O4/c25-19(23-13-8-10-22-11-9-13)17-5-2-12-24(20(17)26)18-7-6-14-15(18)3-1-4-16(14)21(27)28/h1-5,8-12,18H,6-7H2,(H,27,28)(H,22,23,25). The normalized spacial score (nSPS) is 15.1. The van der Waals surface area contributed by atoms with Gasteiger partial charge >= 0.3 is 5.97 Å². The molecule has 2 aromatic heterocycles. The smallest absolute Gasteiger partial charge is 0.335 e. The van der Waals surface area contributed by atoms with E-state index < -0.39 is 17.4 Å². The quantitative estimate of drug-likeness (QED) is 0.730. The Morgan fingerprint density at radius 1 is 1.07 bits per heavy atom. The number of rotatable bonds is 4. The minimum atomic E-state index is -0.977. The van der Waals surface area contributed by atoms with E-state index >= 15 is 0 Å². The highest BCUT2D eigenvalue weighted by Crippen LogP contribution is 2.35. The van der Waals surface area contributed by atoms with Crippen molar-refractivity contribution in [3.05, 3.63) is 93.7 Å². The Labute approximate surface area is 160 Å². The van der Waals surface area contributed by atoms with Gasteiger partial charge < -0.3 is 15.0 Å². The van der Waals surface area contributed by atoms with Crippen LogP contribution in [0.1, 0.15) is 44.3 Å². The van der Waals surface area contributed by atoms with Crippen molar-refractivity contribution in [3.8, 4) is 0 Å². The molecule has 4 rings (SSSR count). The van der Waals surface area contributed by atoms with Crippen LogP contribution in [-0.4, -0.2) is 26.5 Å². The van der Waals surface area contributed by atoms with E-state index in [1.807, 2.05) is 6.07 Å². The van der Waals surface area contributed by atoms with Gasteiger partial charge in [-0.3, -0.25) is 14.6 Å². The maximum absolute atomic E-state index is 13.0. The summed E-state index contributed by atoms with van der Waals surface area (Å²) >= 11 is 0. The summed E-state index contributed by atoms with van der Waals surface area (Å²) < 4.78 is 1.51. The van der Waals surface area contributed by atoms with Gasteiger partial charge in [0.25, 0.3) is 11.5 Å². The number of fused-ring (bicyclic) bond motifs is 1. The van der Waals surface area contributed by atoms with E-state index in [0.717, 1.165) is 11.1 Å². The number of carbonyl (C=O) groups is 2. The molecule has 0 saturated heterocycles. The van der Waals surface area contributed by atoms with E-state index in [1.54, 1.807) is 48.9 Å². The molecule has 1 atom stereocenters. The van der Waals surface area contributed by atoms with Crippen LogP contribution >= 0.6 is 0 Å². The number of carboxylic acid groups (broad SMARTS) is 1. The molecule has 140 valence electrons. The topological polar surface area (TPSA) is 101 Å². The lowest BCUT2D eigenvalue weighted by Crippen LogP contribution is -2.31. The Morgan fingerprint density at radius 3 is 2.57 bits per heavy atom. The highest BCUT2D eigenvalue weighted by Gasteiger charge is 2.29. The van der Waals surface area contributed by atoms with Crippen LogP contribution in [0.25, 0.3) is 0 Å². The lowest BCUT2D eigenvalue weighted by atomic mass is 10.0. The summed E-state index contributed by atoms with van der Waals surface area (Å²) in [5.74, 6) is -1.47. The minimum absolute atomic E-state index is 0.0298. The van der Waals surface area contributed by atoms with Crippen LogP contribution in [0.15, 0.2) is 65.8 Å². The zero-order chi connectivity index (χ0) is 19.7. The molecule has 1 aliphatic carbocycles. The fraction of sp³-hybridized carbons (Fsp3) is 0.143. The lowest BCUT2D eigenvalue weighted by molar-refractivity contribution is 0.0695. The third kappa shape index (κ3) is 3.07. The summed E-state index contributed by atoms with van der Waals surface area (Å²) in [6, 6.07) is 11.2. The second-order valence-electron chi connectivity index (χ2n) is 6.56. The molecule has 7 heteroatoms. The predicted octanol–water partition coefficient (Wildman–Crippen LogP) is 2.73. The Bertz CT molecular complexity index is 1120. The first-order valence-electron chi connectivity index (χ1n) is 8.84. The lowest BCUT2D eigenvalue weighted by Gasteiger charge is -2.17. The number of carboxylic acids is 1. The van der Waals surface area contributed by atoms with Crippen LogP contribution in [0.3, 0.4) is 0 Å². The van der Waals surface area contributed by atoms with Gasteiger partial charge in [-0.05, 0) is 54.3 Å². The molecule has 7 nitrogen and oxygen atoms in total.